The van der Waals surface area contributed by atoms with Crippen LogP contribution in [0.4, 0.5) is 4.39 Å². The zero-order valence-electron chi connectivity index (χ0n) is 15.0. The predicted molar refractivity (Wildman–Crippen MR) is 109 cm³/mol. The number of aromatic nitrogens is 2. The average molecular weight is 439 g/mol. The fourth-order valence-electron chi connectivity index (χ4n) is 3.21. The molecule has 1 amide bonds. The van der Waals surface area contributed by atoms with Crippen LogP contribution in [0.2, 0.25) is 0 Å². The number of carbonyl (C=O) groups excluding carboxylic acids is 1. The average Bonchev–Trinajstić information content (AvgIpc) is 3.00. The molecule has 1 aromatic heterocycles. The number of fused-ring (bicyclic) bond motifs is 3. The first-order valence-electron chi connectivity index (χ1n) is 8.58. The first-order chi connectivity index (χ1) is 13.5. The van der Waals surface area contributed by atoms with Gasteiger partial charge in [-0.05, 0) is 31.2 Å². The molecule has 0 fully saturated rings. The lowest BCUT2D eigenvalue weighted by atomic mass is 10.0. The van der Waals surface area contributed by atoms with E-state index in [1.807, 2.05) is 24.3 Å². The molecule has 0 saturated heterocycles. The minimum Gasteiger partial charge on any atom is -0.325 e. The largest absolute Gasteiger partial charge is 0.325 e. The maximum absolute atomic E-state index is 14.1. The predicted octanol–water partition coefficient (Wildman–Crippen LogP) is 4.39. The van der Waals surface area contributed by atoms with E-state index < -0.39 is 0 Å². The fraction of sp³-hybridized carbons (Fsp3) is 0.0952. The fourth-order valence-corrected chi connectivity index (χ4v) is 3.68. The summed E-state index contributed by atoms with van der Waals surface area (Å²) in [5.74, 6) is -0.702. The number of halogens is 2. The Morgan fingerprint density at radius 3 is 2.79 bits per heavy atom. The normalized spacial score (nSPS) is 12.5. The number of allylic oxidation sites excluding steroid dienone is 1. The minimum atomic E-state index is -0.359. The Morgan fingerprint density at radius 2 is 2.04 bits per heavy atom. The van der Waals surface area contributed by atoms with Crippen LogP contribution in [-0.2, 0) is 6.54 Å². The highest BCUT2D eigenvalue weighted by Gasteiger charge is 2.25. The molecule has 1 aliphatic heterocycles. The SMILES string of the molecule is C=C(C)NC(=O)c1ncn2c1CN=C(c1ccccc1Br)c1cc(F)ccc1-2. The molecular weight excluding hydrogens is 423 g/mol. The summed E-state index contributed by atoms with van der Waals surface area (Å²) in [6, 6.07) is 12.2. The van der Waals surface area contributed by atoms with Gasteiger partial charge in [-0.15, -0.1) is 0 Å². The Morgan fingerprint density at radius 1 is 1.25 bits per heavy atom. The summed E-state index contributed by atoms with van der Waals surface area (Å²) >= 11 is 3.55. The molecule has 0 atom stereocenters. The molecule has 2 heterocycles. The maximum atomic E-state index is 14.1. The smallest absolute Gasteiger partial charge is 0.275 e. The number of amides is 1. The molecule has 0 bridgehead atoms. The van der Waals surface area contributed by atoms with Gasteiger partial charge in [0.25, 0.3) is 5.91 Å². The zero-order chi connectivity index (χ0) is 19.8. The topological polar surface area (TPSA) is 59.3 Å². The van der Waals surface area contributed by atoms with Crippen molar-refractivity contribution in [2.75, 3.05) is 0 Å². The summed E-state index contributed by atoms with van der Waals surface area (Å²) in [7, 11) is 0. The Kier molecular flexibility index (Phi) is 4.68. The van der Waals surface area contributed by atoms with Gasteiger partial charge in [-0.1, -0.05) is 40.7 Å². The van der Waals surface area contributed by atoms with Crippen molar-refractivity contribution in [2.45, 2.75) is 13.5 Å². The van der Waals surface area contributed by atoms with Crippen LogP contribution in [0, 0.1) is 5.82 Å². The van der Waals surface area contributed by atoms with Crippen molar-refractivity contribution >= 4 is 27.5 Å². The first kappa shape index (κ1) is 18.3. The van der Waals surface area contributed by atoms with Gasteiger partial charge in [0.2, 0.25) is 0 Å². The minimum absolute atomic E-state index is 0.228. The van der Waals surface area contributed by atoms with E-state index in [9.17, 15) is 9.18 Å². The number of hydrogen-bond donors (Lipinski definition) is 1. The van der Waals surface area contributed by atoms with Gasteiger partial charge in [0.15, 0.2) is 5.69 Å². The number of aliphatic imine (C=N–C) groups is 1. The van der Waals surface area contributed by atoms with Crippen molar-refractivity contribution in [2.24, 2.45) is 4.99 Å². The second-order valence-electron chi connectivity index (χ2n) is 6.45. The van der Waals surface area contributed by atoms with Crippen molar-refractivity contribution in [1.29, 1.82) is 0 Å². The molecule has 5 nitrogen and oxygen atoms in total. The Hall–Kier alpha value is -3.06. The van der Waals surface area contributed by atoms with Gasteiger partial charge in [-0.25, -0.2) is 9.37 Å². The molecule has 0 radical (unpaired) electrons. The number of nitrogens with one attached hydrogen (secondary N) is 1. The van der Waals surface area contributed by atoms with Gasteiger partial charge in [0.05, 0.1) is 23.6 Å². The highest BCUT2D eigenvalue weighted by atomic mass is 79.9. The number of carbonyl (C=O) groups is 1. The summed E-state index contributed by atoms with van der Waals surface area (Å²) in [5, 5.41) is 2.68. The van der Waals surface area contributed by atoms with Crippen molar-refractivity contribution < 1.29 is 9.18 Å². The number of hydrogen-bond acceptors (Lipinski definition) is 3. The Balaban J connectivity index is 1.92. The van der Waals surface area contributed by atoms with Crippen molar-refractivity contribution in [3.63, 3.8) is 0 Å². The zero-order valence-corrected chi connectivity index (χ0v) is 16.6. The number of imidazole rings is 1. The van der Waals surface area contributed by atoms with Crippen LogP contribution in [0.15, 0.2) is 70.5 Å². The lowest BCUT2D eigenvalue weighted by Crippen LogP contribution is -2.22. The third kappa shape index (κ3) is 3.18. The van der Waals surface area contributed by atoms with Gasteiger partial charge in [-0.3, -0.25) is 14.4 Å². The van der Waals surface area contributed by atoms with Crippen LogP contribution in [-0.4, -0.2) is 21.2 Å². The molecule has 4 rings (SSSR count). The molecule has 2 aromatic carbocycles. The molecule has 140 valence electrons. The summed E-state index contributed by atoms with van der Waals surface area (Å²) in [6.07, 6.45) is 1.57. The molecule has 0 saturated carbocycles. The highest BCUT2D eigenvalue weighted by Crippen LogP contribution is 2.29. The van der Waals surface area contributed by atoms with Crippen LogP contribution in [0.1, 0.15) is 34.2 Å². The molecule has 0 spiro atoms. The van der Waals surface area contributed by atoms with Gasteiger partial charge in [0, 0.05) is 21.3 Å². The van der Waals surface area contributed by atoms with E-state index in [0.717, 1.165) is 10.0 Å². The highest BCUT2D eigenvalue weighted by molar-refractivity contribution is 9.10. The third-order valence-corrected chi connectivity index (χ3v) is 5.09. The van der Waals surface area contributed by atoms with E-state index >= 15 is 0 Å². The van der Waals surface area contributed by atoms with Gasteiger partial charge in [-0.2, -0.15) is 0 Å². The van der Waals surface area contributed by atoms with Gasteiger partial charge >= 0.3 is 0 Å². The lowest BCUT2D eigenvalue weighted by molar-refractivity contribution is 0.0960. The second kappa shape index (κ2) is 7.16. The van der Waals surface area contributed by atoms with E-state index in [1.165, 1.54) is 12.1 Å². The molecule has 7 heteroatoms. The van der Waals surface area contributed by atoms with Crippen LogP contribution in [0.3, 0.4) is 0 Å². The standard InChI is InChI=1S/C21H16BrFN4O/c1-12(2)26-21(28)20-18-10-24-19(14-5-3-4-6-16(14)22)15-9-13(23)7-8-17(15)27(18)11-25-20/h3-9,11H,1,10H2,2H3,(H,26,28). The van der Waals surface area contributed by atoms with Crippen molar-refractivity contribution in [1.82, 2.24) is 14.9 Å². The van der Waals surface area contributed by atoms with E-state index in [-0.39, 0.29) is 24.0 Å². The maximum Gasteiger partial charge on any atom is 0.275 e. The monoisotopic (exact) mass is 438 g/mol. The third-order valence-electron chi connectivity index (χ3n) is 4.40. The van der Waals surface area contributed by atoms with Gasteiger partial charge < -0.3 is 5.32 Å². The van der Waals surface area contributed by atoms with Crippen LogP contribution in [0.5, 0.6) is 0 Å². The molecular formula is C21H16BrFN4O. The number of benzene rings is 2. The first-order valence-corrected chi connectivity index (χ1v) is 9.37. The molecule has 0 aliphatic carbocycles. The van der Waals surface area contributed by atoms with E-state index in [1.54, 1.807) is 23.9 Å². The molecule has 1 aliphatic rings. The second-order valence-corrected chi connectivity index (χ2v) is 7.30. The quantitative estimate of drug-likeness (QED) is 0.658. The van der Waals surface area contributed by atoms with Crippen molar-refractivity contribution in [3.05, 3.63) is 93.9 Å². The van der Waals surface area contributed by atoms with Crippen LogP contribution < -0.4 is 5.32 Å². The summed E-state index contributed by atoms with van der Waals surface area (Å²) < 4.78 is 16.7. The van der Waals surface area contributed by atoms with E-state index in [2.05, 4.69) is 32.8 Å². The Bertz CT molecular complexity index is 1150. The van der Waals surface area contributed by atoms with Gasteiger partial charge in [0.1, 0.15) is 12.1 Å². The number of nitrogens with zero attached hydrogens (tertiary/aromatic N) is 3. The van der Waals surface area contributed by atoms with E-state index in [0.29, 0.717) is 28.4 Å². The molecule has 3 aromatic rings. The van der Waals surface area contributed by atoms with E-state index in [4.69, 9.17) is 4.99 Å². The Labute approximate surface area is 169 Å². The molecule has 1 N–H and O–H groups in total. The molecule has 0 unspecified atom stereocenters. The lowest BCUT2D eigenvalue weighted by Gasteiger charge is -2.12. The van der Waals surface area contributed by atoms with Crippen molar-refractivity contribution in [3.8, 4) is 5.69 Å². The summed E-state index contributed by atoms with van der Waals surface area (Å²) in [4.78, 5) is 21.5. The summed E-state index contributed by atoms with van der Waals surface area (Å²) in [5.41, 5.74) is 4.28. The summed E-state index contributed by atoms with van der Waals surface area (Å²) in [6.45, 7) is 5.63. The molecule has 28 heavy (non-hydrogen) atoms. The van der Waals surface area contributed by atoms with Crippen LogP contribution >= 0.6 is 15.9 Å². The van der Waals surface area contributed by atoms with Crippen LogP contribution in [0.25, 0.3) is 5.69 Å². The number of rotatable bonds is 3.